The number of halogens is 3. The third-order valence-corrected chi connectivity index (χ3v) is 5.49. The molecule has 0 bridgehead atoms. The number of alkyl halides is 3. The summed E-state index contributed by atoms with van der Waals surface area (Å²) in [6, 6.07) is 8.99. The van der Waals surface area contributed by atoms with Crippen molar-refractivity contribution in [2.45, 2.75) is 26.1 Å². The van der Waals surface area contributed by atoms with E-state index in [-0.39, 0.29) is 29.5 Å². The van der Waals surface area contributed by atoms with Gasteiger partial charge in [0.1, 0.15) is 11.6 Å². The van der Waals surface area contributed by atoms with Crippen molar-refractivity contribution in [3.05, 3.63) is 70.4 Å². The van der Waals surface area contributed by atoms with E-state index in [0.29, 0.717) is 29.1 Å². The Bertz CT molecular complexity index is 1460. The van der Waals surface area contributed by atoms with Crippen molar-refractivity contribution in [3.63, 3.8) is 0 Å². The molecule has 0 aliphatic carbocycles. The highest BCUT2D eigenvalue weighted by atomic mass is 19.4. The fourth-order valence-corrected chi connectivity index (χ4v) is 3.74. The summed E-state index contributed by atoms with van der Waals surface area (Å²) in [5.74, 6) is 0.571. The molecule has 182 valence electrons. The highest BCUT2D eigenvalue weighted by Gasteiger charge is 2.30. The van der Waals surface area contributed by atoms with E-state index in [1.165, 1.54) is 22.8 Å². The van der Waals surface area contributed by atoms with E-state index >= 15 is 0 Å². The van der Waals surface area contributed by atoms with E-state index in [0.717, 1.165) is 17.6 Å². The number of ether oxygens (including phenoxy) is 1. The van der Waals surface area contributed by atoms with Crippen molar-refractivity contribution in [1.82, 2.24) is 24.4 Å². The van der Waals surface area contributed by atoms with Gasteiger partial charge in [0.15, 0.2) is 0 Å². The van der Waals surface area contributed by atoms with E-state index in [1.807, 2.05) is 4.57 Å². The molecule has 8 nitrogen and oxygen atoms in total. The third-order valence-electron chi connectivity index (χ3n) is 5.49. The second-order valence-corrected chi connectivity index (χ2v) is 7.89. The van der Waals surface area contributed by atoms with Crippen molar-refractivity contribution in [3.8, 4) is 22.9 Å². The fourth-order valence-electron chi connectivity index (χ4n) is 3.74. The summed E-state index contributed by atoms with van der Waals surface area (Å²) in [5, 5.41) is 2.59. The molecule has 1 aromatic carbocycles. The molecule has 0 radical (unpaired) electrons. The second kappa shape index (κ2) is 9.24. The average Bonchev–Trinajstić information content (AvgIpc) is 3.18. The Kier molecular flexibility index (Phi) is 6.33. The molecule has 0 atom stereocenters. The number of fused-ring (bicyclic) bond motifs is 1. The summed E-state index contributed by atoms with van der Waals surface area (Å²) in [6.07, 6.45) is -2.40. The van der Waals surface area contributed by atoms with Gasteiger partial charge in [0.2, 0.25) is 11.8 Å². The number of hydrogen-bond donors (Lipinski definition) is 1. The van der Waals surface area contributed by atoms with Gasteiger partial charge in [0.05, 0.1) is 22.3 Å². The Labute approximate surface area is 198 Å². The van der Waals surface area contributed by atoms with Crippen LogP contribution in [0.5, 0.6) is 11.6 Å². The van der Waals surface area contributed by atoms with E-state index in [4.69, 9.17) is 4.74 Å². The summed E-state index contributed by atoms with van der Waals surface area (Å²) < 4.78 is 47.6. The summed E-state index contributed by atoms with van der Waals surface area (Å²) in [7, 11) is 3.21. The number of carbonyl (C=O) groups is 1. The highest BCUT2D eigenvalue weighted by molar-refractivity contribution is 5.92. The monoisotopic (exact) mass is 485 g/mol. The number of carbonyl (C=O) groups excluding carboxylic acids is 1. The van der Waals surface area contributed by atoms with Gasteiger partial charge < -0.3 is 19.2 Å². The van der Waals surface area contributed by atoms with Crippen LogP contribution in [-0.2, 0) is 24.6 Å². The van der Waals surface area contributed by atoms with Crippen molar-refractivity contribution in [2.75, 3.05) is 7.05 Å². The molecule has 0 aliphatic rings. The first kappa shape index (κ1) is 24.0. The first-order valence-electron chi connectivity index (χ1n) is 10.7. The molecule has 0 saturated heterocycles. The Hall–Kier alpha value is -4.15. The maximum atomic E-state index is 12.8. The van der Waals surface area contributed by atoms with Crippen LogP contribution in [0.2, 0.25) is 0 Å². The quantitative estimate of drug-likeness (QED) is 0.445. The van der Waals surface area contributed by atoms with E-state index in [2.05, 4.69) is 15.3 Å². The normalized spacial score (nSPS) is 11.6. The average molecular weight is 485 g/mol. The van der Waals surface area contributed by atoms with Gasteiger partial charge in [-0.3, -0.25) is 9.59 Å². The zero-order valence-corrected chi connectivity index (χ0v) is 19.2. The highest BCUT2D eigenvalue weighted by Crippen LogP contribution is 2.33. The first-order valence-corrected chi connectivity index (χ1v) is 10.7. The van der Waals surface area contributed by atoms with Crippen LogP contribution in [0.15, 0.2) is 53.5 Å². The number of aryl methyl sites for hydroxylation is 3. The predicted octanol–water partition coefficient (Wildman–Crippen LogP) is 4.05. The summed E-state index contributed by atoms with van der Waals surface area (Å²) in [4.78, 5) is 32.9. The SMILES string of the molecule is CNC(=O)CCn1cc(-c2cc(Oc3ccc(C(F)(F)F)cc3)nc(C)n2)c2c1ccc(=O)n2C. The van der Waals surface area contributed by atoms with Gasteiger partial charge in [-0.15, -0.1) is 0 Å². The van der Waals surface area contributed by atoms with Gasteiger partial charge in [0.25, 0.3) is 5.56 Å². The maximum absolute atomic E-state index is 12.8. The molecule has 0 spiro atoms. The fraction of sp³-hybridized carbons (Fsp3) is 0.250. The van der Waals surface area contributed by atoms with Crippen LogP contribution in [0.1, 0.15) is 17.8 Å². The number of benzene rings is 1. The molecule has 35 heavy (non-hydrogen) atoms. The minimum absolute atomic E-state index is 0.122. The number of nitrogens with zero attached hydrogens (tertiary/aromatic N) is 4. The lowest BCUT2D eigenvalue weighted by molar-refractivity contribution is -0.137. The zero-order valence-electron chi connectivity index (χ0n) is 19.2. The molecule has 0 unspecified atom stereocenters. The standard InChI is InChI=1S/C24H22F3N5O3/c1-14-29-18(12-21(30-14)35-16-6-4-15(5-7-16)24(25,26)27)17-13-32(11-10-20(33)28-2)19-8-9-22(34)31(3)23(17)19/h4-9,12-13H,10-11H2,1-3H3,(H,28,33). The van der Waals surface area contributed by atoms with Crippen molar-refractivity contribution in [1.29, 1.82) is 0 Å². The molecule has 0 fully saturated rings. The molecule has 11 heteroatoms. The molecule has 0 saturated carbocycles. The minimum Gasteiger partial charge on any atom is -0.439 e. The van der Waals surface area contributed by atoms with Crippen LogP contribution < -0.4 is 15.6 Å². The zero-order chi connectivity index (χ0) is 25.3. The van der Waals surface area contributed by atoms with Gasteiger partial charge in [0, 0.05) is 51.0 Å². The largest absolute Gasteiger partial charge is 0.439 e. The van der Waals surface area contributed by atoms with Crippen molar-refractivity contribution in [2.24, 2.45) is 7.05 Å². The van der Waals surface area contributed by atoms with Gasteiger partial charge >= 0.3 is 6.18 Å². The Morgan fingerprint density at radius 3 is 2.49 bits per heavy atom. The minimum atomic E-state index is -4.45. The van der Waals surface area contributed by atoms with Crippen LogP contribution in [0.25, 0.3) is 22.3 Å². The maximum Gasteiger partial charge on any atom is 0.416 e. The number of hydrogen-bond acceptors (Lipinski definition) is 5. The predicted molar refractivity (Wildman–Crippen MR) is 123 cm³/mol. The molecule has 0 aliphatic heterocycles. The Balaban J connectivity index is 1.75. The molecule has 3 heterocycles. The van der Waals surface area contributed by atoms with Gasteiger partial charge in [-0.1, -0.05) is 0 Å². The third kappa shape index (κ3) is 5.03. The molecule has 4 aromatic rings. The number of amides is 1. The van der Waals surface area contributed by atoms with E-state index in [9.17, 15) is 22.8 Å². The van der Waals surface area contributed by atoms with Crippen LogP contribution in [-0.4, -0.2) is 32.1 Å². The molecule has 1 amide bonds. The smallest absolute Gasteiger partial charge is 0.416 e. The van der Waals surface area contributed by atoms with E-state index in [1.54, 1.807) is 39.3 Å². The summed E-state index contributed by atoms with van der Waals surface area (Å²) in [5.41, 5.74) is 1.45. The van der Waals surface area contributed by atoms with Crippen molar-refractivity contribution < 1.29 is 22.7 Å². The molecule has 4 rings (SSSR count). The van der Waals surface area contributed by atoms with Crippen LogP contribution in [0.4, 0.5) is 13.2 Å². The molecule has 1 N–H and O–H groups in total. The van der Waals surface area contributed by atoms with Crippen LogP contribution >= 0.6 is 0 Å². The van der Waals surface area contributed by atoms with Crippen LogP contribution in [0, 0.1) is 6.92 Å². The number of rotatable bonds is 6. The number of nitrogens with one attached hydrogen (secondary N) is 1. The molecule has 3 aromatic heterocycles. The van der Waals surface area contributed by atoms with Crippen molar-refractivity contribution >= 4 is 16.9 Å². The lowest BCUT2D eigenvalue weighted by atomic mass is 10.2. The van der Waals surface area contributed by atoms with Gasteiger partial charge in [-0.05, 0) is 37.3 Å². The van der Waals surface area contributed by atoms with E-state index < -0.39 is 11.7 Å². The second-order valence-electron chi connectivity index (χ2n) is 7.89. The summed E-state index contributed by atoms with van der Waals surface area (Å²) in [6.45, 7) is 2.04. The Morgan fingerprint density at radius 2 is 1.83 bits per heavy atom. The lowest BCUT2D eigenvalue weighted by Crippen LogP contribution is -2.19. The Morgan fingerprint density at radius 1 is 1.11 bits per heavy atom. The summed E-state index contributed by atoms with van der Waals surface area (Å²) >= 11 is 0. The number of pyridine rings is 1. The van der Waals surface area contributed by atoms with Gasteiger partial charge in [-0.2, -0.15) is 18.2 Å². The molecular weight excluding hydrogens is 463 g/mol. The first-order chi connectivity index (χ1) is 16.6. The number of aromatic nitrogens is 4. The lowest BCUT2D eigenvalue weighted by Gasteiger charge is -2.10. The van der Waals surface area contributed by atoms with Crippen LogP contribution in [0.3, 0.4) is 0 Å². The topological polar surface area (TPSA) is 91.0 Å². The van der Waals surface area contributed by atoms with Gasteiger partial charge in [-0.25, -0.2) is 4.98 Å². The molecular formula is C24H22F3N5O3.